The SMILES string of the molecule is c1ccc(N2c3ccccc3-n3c4ccc5oc6ccccc6c5c4c4cccc2c43)cc1. The molecule has 2 aromatic heterocycles. The Morgan fingerprint density at radius 2 is 1.21 bits per heavy atom. The van der Waals surface area contributed by atoms with Crippen molar-refractivity contribution in [1.82, 2.24) is 4.57 Å². The van der Waals surface area contributed by atoms with E-state index in [1.807, 2.05) is 6.07 Å². The van der Waals surface area contributed by atoms with E-state index in [4.69, 9.17) is 4.42 Å². The summed E-state index contributed by atoms with van der Waals surface area (Å²) in [6.45, 7) is 0. The zero-order chi connectivity index (χ0) is 21.5. The number of fused-ring (bicyclic) bond motifs is 9. The van der Waals surface area contributed by atoms with Crippen LogP contribution in [0.4, 0.5) is 17.1 Å². The summed E-state index contributed by atoms with van der Waals surface area (Å²) in [5, 5.41) is 4.85. The molecule has 33 heavy (non-hydrogen) atoms. The van der Waals surface area contributed by atoms with Gasteiger partial charge in [-0.05, 0) is 48.5 Å². The van der Waals surface area contributed by atoms with Crippen LogP contribution in [0.3, 0.4) is 0 Å². The van der Waals surface area contributed by atoms with E-state index in [9.17, 15) is 0 Å². The molecule has 0 radical (unpaired) electrons. The third-order valence-electron chi connectivity index (χ3n) is 6.89. The van der Waals surface area contributed by atoms with Gasteiger partial charge in [0.25, 0.3) is 0 Å². The van der Waals surface area contributed by atoms with Crippen LogP contribution >= 0.6 is 0 Å². The number of furan rings is 1. The molecule has 0 saturated carbocycles. The highest BCUT2D eigenvalue weighted by atomic mass is 16.3. The molecule has 7 aromatic rings. The second-order valence-electron chi connectivity index (χ2n) is 8.60. The second kappa shape index (κ2) is 6.05. The molecule has 1 aliphatic rings. The maximum absolute atomic E-state index is 6.24. The third-order valence-corrected chi connectivity index (χ3v) is 6.89. The Labute approximate surface area is 189 Å². The molecule has 0 bridgehead atoms. The molecule has 0 N–H and O–H groups in total. The molecule has 3 heteroatoms. The second-order valence-corrected chi connectivity index (χ2v) is 8.60. The fourth-order valence-corrected chi connectivity index (χ4v) is 5.61. The van der Waals surface area contributed by atoms with Crippen LogP contribution in [-0.2, 0) is 0 Å². The molecule has 0 aliphatic carbocycles. The molecule has 0 fully saturated rings. The molecular formula is C30H18N2O. The Morgan fingerprint density at radius 3 is 2.12 bits per heavy atom. The minimum absolute atomic E-state index is 0.929. The predicted molar refractivity (Wildman–Crippen MR) is 136 cm³/mol. The quantitative estimate of drug-likeness (QED) is 0.264. The number of rotatable bonds is 1. The summed E-state index contributed by atoms with van der Waals surface area (Å²) in [6.07, 6.45) is 0. The van der Waals surface area contributed by atoms with Crippen molar-refractivity contribution < 1.29 is 4.42 Å². The Morgan fingerprint density at radius 1 is 0.485 bits per heavy atom. The van der Waals surface area contributed by atoms with Gasteiger partial charge in [-0.1, -0.05) is 60.7 Å². The number of benzene rings is 5. The molecule has 0 amide bonds. The first-order valence-corrected chi connectivity index (χ1v) is 11.2. The monoisotopic (exact) mass is 422 g/mol. The van der Waals surface area contributed by atoms with Crippen LogP contribution < -0.4 is 4.90 Å². The van der Waals surface area contributed by atoms with E-state index in [0.29, 0.717) is 0 Å². The number of aromatic nitrogens is 1. The molecule has 3 nitrogen and oxygen atoms in total. The lowest BCUT2D eigenvalue weighted by molar-refractivity contribution is 0.669. The Balaban J connectivity index is 1.63. The molecule has 0 spiro atoms. The van der Waals surface area contributed by atoms with Crippen molar-refractivity contribution in [2.24, 2.45) is 0 Å². The van der Waals surface area contributed by atoms with E-state index in [1.165, 1.54) is 44.3 Å². The van der Waals surface area contributed by atoms with Gasteiger partial charge >= 0.3 is 0 Å². The van der Waals surface area contributed by atoms with E-state index in [1.54, 1.807) is 0 Å². The van der Waals surface area contributed by atoms with Gasteiger partial charge in [-0.15, -0.1) is 0 Å². The summed E-state index contributed by atoms with van der Waals surface area (Å²) in [6, 6.07) is 38.6. The zero-order valence-corrected chi connectivity index (χ0v) is 17.7. The van der Waals surface area contributed by atoms with Crippen LogP contribution in [0.2, 0.25) is 0 Å². The first-order valence-electron chi connectivity index (χ1n) is 11.2. The summed E-state index contributed by atoms with van der Waals surface area (Å²) in [5.74, 6) is 0. The van der Waals surface area contributed by atoms with Crippen molar-refractivity contribution in [2.45, 2.75) is 0 Å². The fraction of sp³-hybridized carbons (Fsp3) is 0. The lowest BCUT2D eigenvalue weighted by atomic mass is 10.0. The fourth-order valence-electron chi connectivity index (χ4n) is 5.61. The van der Waals surface area contributed by atoms with E-state index in [-0.39, 0.29) is 0 Å². The van der Waals surface area contributed by atoms with Gasteiger partial charge < -0.3 is 13.9 Å². The first-order chi connectivity index (χ1) is 16.4. The molecule has 1 aliphatic heterocycles. The summed E-state index contributed by atoms with van der Waals surface area (Å²) >= 11 is 0. The summed E-state index contributed by atoms with van der Waals surface area (Å²) < 4.78 is 8.67. The molecule has 3 heterocycles. The van der Waals surface area contributed by atoms with Crippen molar-refractivity contribution in [3.63, 3.8) is 0 Å². The lowest BCUT2D eigenvalue weighted by Crippen LogP contribution is -2.17. The Hall–Kier alpha value is -4.50. The number of anilines is 3. The highest BCUT2D eigenvalue weighted by Gasteiger charge is 2.29. The highest BCUT2D eigenvalue weighted by molar-refractivity contribution is 6.29. The average molecular weight is 422 g/mol. The van der Waals surface area contributed by atoms with Crippen LogP contribution in [0.5, 0.6) is 0 Å². The maximum atomic E-state index is 6.24. The zero-order valence-electron chi connectivity index (χ0n) is 17.7. The van der Waals surface area contributed by atoms with Crippen LogP contribution in [0.1, 0.15) is 0 Å². The molecule has 0 saturated heterocycles. The van der Waals surface area contributed by atoms with Gasteiger partial charge in [-0.25, -0.2) is 0 Å². The third kappa shape index (κ3) is 2.09. The maximum Gasteiger partial charge on any atom is 0.136 e. The van der Waals surface area contributed by atoms with Crippen LogP contribution in [0, 0.1) is 0 Å². The van der Waals surface area contributed by atoms with Crippen molar-refractivity contribution in [1.29, 1.82) is 0 Å². The summed E-state index contributed by atoms with van der Waals surface area (Å²) in [5.41, 5.74) is 9.01. The van der Waals surface area contributed by atoms with Crippen molar-refractivity contribution >= 4 is 60.8 Å². The smallest absolute Gasteiger partial charge is 0.136 e. The number of hydrogen-bond acceptors (Lipinski definition) is 2. The van der Waals surface area contributed by atoms with Gasteiger partial charge in [0.1, 0.15) is 11.2 Å². The normalized spacial score (nSPS) is 12.8. The van der Waals surface area contributed by atoms with E-state index in [2.05, 4.69) is 113 Å². The van der Waals surface area contributed by atoms with Gasteiger partial charge in [0.15, 0.2) is 0 Å². The van der Waals surface area contributed by atoms with Crippen LogP contribution in [0.15, 0.2) is 114 Å². The molecule has 0 atom stereocenters. The predicted octanol–water partition coefficient (Wildman–Crippen LogP) is 8.47. The molecule has 154 valence electrons. The van der Waals surface area contributed by atoms with Crippen LogP contribution in [0.25, 0.3) is 49.4 Å². The Kier molecular flexibility index (Phi) is 3.14. The van der Waals surface area contributed by atoms with Gasteiger partial charge in [0.2, 0.25) is 0 Å². The standard InChI is InChI=1S/C30H18N2O/c1-2-9-19(10-3-1)31-22-13-5-6-14-23(22)32-24-17-18-27-29(20-11-4-7-16-26(20)33-27)28(24)21-12-8-15-25(31)30(21)32/h1-18H. The largest absolute Gasteiger partial charge is 0.456 e. The number of nitrogens with zero attached hydrogens (tertiary/aromatic N) is 2. The van der Waals surface area contributed by atoms with Gasteiger partial charge in [-0.3, -0.25) is 0 Å². The van der Waals surface area contributed by atoms with E-state index < -0.39 is 0 Å². The van der Waals surface area contributed by atoms with E-state index >= 15 is 0 Å². The lowest BCUT2D eigenvalue weighted by Gasteiger charge is -2.33. The molecule has 5 aromatic carbocycles. The summed E-state index contributed by atoms with van der Waals surface area (Å²) in [7, 11) is 0. The van der Waals surface area contributed by atoms with Crippen molar-refractivity contribution in [3.8, 4) is 5.69 Å². The number of para-hydroxylation sites is 5. The average Bonchev–Trinajstić information content (AvgIpc) is 3.42. The summed E-state index contributed by atoms with van der Waals surface area (Å²) in [4.78, 5) is 2.38. The molecular weight excluding hydrogens is 404 g/mol. The Bertz CT molecular complexity index is 1870. The van der Waals surface area contributed by atoms with Crippen LogP contribution in [-0.4, -0.2) is 4.57 Å². The minimum atomic E-state index is 0.929. The van der Waals surface area contributed by atoms with Gasteiger partial charge in [-0.2, -0.15) is 0 Å². The highest BCUT2D eigenvalue weighted by Crippen LogP contribution is 2.51. The molecule has 0 unspecified atom stereocenters. The first kappa shape index (κ1) is 17.1. The van der Waals surface area contributed by atoms with Crippen molar-refractivity contribution in [2.75, 3.05) is 4.90 Å². The number of hydrogen-bond donors (Lipinski definition) is 0. The van der Waals surface area contributed by atoms with E-state index in [0.717, 1.165) is 22.2 Å². The molecule has 8 rings (SSSR count). The minimum Gasteiger partial charge on any atom is -0.456 e. The van der Waals surface area contributed by atoms with Gasteiger partial charge in [0, 0.05) is 27.2 Å². The van der Waals surface area contributed by atoms with Gasteiger partial charge in [0.05, 0.1) is 28.1 Å². The topological polar surface area (TPSA) is 21.3 Å². The van der Waals surface area contributed by atoms with Crippen molar-refractivity contribution in [3.05, 3.63) is 109 Å².